The van der Waals surface area contributed by atoms with Crippen molar-refractivity contribution in [1.82, 2.24) is 4.98 Å². The van der Waals surface area contributed by atoms with Crippen molar-refractivity contribution in [3.8, 4) is 22.6 Å². The van der Waals surface area contributed by atoms with Crippen LogP contribution in [0.5, 0.6) is 11.5 Å². The highest BCUT2D eigenvalue weighted by Crippen LogP contribution is 2.24. The van der Waals surface area contributed by atoms with Gasteiger partial charge in [0.2, 0.25) is 0 Å². The number of aromatic nitrogens is 1. The lowest BCUT2D eigenvalue weighted by Crippen LogP contribution is -2.08. The average Bonchev–Trinajstić information content (AvgIpc) is 2.38. The third-order valence-electron chi connectivity index (χ3n) is 2.98. The zero-order valence-electron chi connectivity index (χ0n) is 9.92. The molecule has 0 unspecified atom stereocenters. The molecule has 0 bridgehead atoms. The number of phenols is 2. The molecule has 0 aliphatic heterocycles. The van der Waals surface area contributed by atoms with E-state index in [1.54, 1.807) is 36.4 Å². The molecule has 0 saturated carbocycles. The first kappa shape index (κ1) is 11.3. The summed E-state index contributed by atoms with van der Waals surface area (Å²) in [4.78, 5) is 14.8. The fraction of sp³-hybridized carbons (Fsp3) is 0. The largest absolute Gasteiger partial charge is 0.508 e. The van der Waals surface area contributed by atoms with Gasteiger partial charge in [0, 0.05) is 16.5 Å². The van der Waals surface area contributed by atoms with E-state index in [-0.39, 0.29) is 17.1 Å². The first-order chi connectivity index (χ1) is 9.13. The van der Waals surface area contributed by atoms with Crippen molar-refractivity contribution in [2.45, 2.75) is 0 Å². The lowest BCUT2D eigenvalue weighted by molar-refractivity contribution is 0.475. The molecule has 2 aromatic carbocycles. The molecule has 4 nitrogen and oxygen atoms in total. The van der Waals surface area contributed by atoms with Gasteiger partial charge >= 0.3 is 0 Å². The minimum absolute atomic E-state index is 0.105. The monoisotopic (exact) mass is 253 g/mol. The van der Waals surface area contributed by atoms with Crippen LogP contribution in [0, 0.1) is 0 Å². The Morgan fingerprint density at radius 3 is 2.47 bits per heavy atom. The Morgan fingerprint density at radius 2 is 1.68 bits per heavy atom. The van der Waals surface area contributed by atoms with Gasteiger partial charge in [0.05, 0.1) is 0 Å². The zero-order chi connectivity index (χ0) is 13.4. The van der Waals surface area contributed by atoms with E-state index in [0.717, 1.165) is 5.39 Å². The molecule has 3 rings (SSSR count). The second kappa shape index (κ2) is 4.17. The molecule has 0 aliphatic rings. The Bertz CT molecular complexity index is 821. The summed E-state index contributed by atoms with van der Waals surface area (Å²) in [6, 6.07) is 12.9. The number of benzene rings is 2. The Labute approximate surface area is 108 Å². The number of phenolic OH excluding ortho intramolecular Hbond substituents is 2. The van der Waals surface area contributed by atoms with Gasteiger partial charge in [0.25, 0.3) is 5.56 Å². The van der Waals surface area contributed by atoms with Crippen molar-refractivity contribution in [3.05, 3.63) is 58.9 Å². The molecule has 0 aliphatic carbocycles. The van der Waals surface area contributed by atoms with Crippen LogP contribution in [-0.2, 0) is 0 Å². The van der Waals surface area contributed by atoms with Gasteiger partial charge < -0.3 is 15.2 Å². The first-order valence-electron chi connectivity index (χ1n) is 5.79. The molecule has 0 atom stereocenters. The molecule has 0 saturated heterocycles. The van der Waals surface area contributed by atoms with Crippen LogP contribution in [0.15, 0.2) is 53.3 Å². The normalized spacial score (nSPS) is 10.7. The summed E-state index contributed by atoms with van der Waals surface area (Å²) in [5.41, 5.74) is 1.51. The number of aromatic hydroxyl groups is 2. The van der Waals surface area contributed by atoms with Crippen LogP contribution >= 0.6 is 0 Å². The fourth-order valence-corrected chi connectivity index (χ4v) is 2.08. The van der Waals surface area contributed by atoms with E-state index in [1.165, 1.54) is 12.1 Å². The van der Waals surface area contributed by atoms with Crippen LogP contribution in [0.4, 0.5) is 0 Å². The predicted octanol–water partition coefficient (Wildman–Crippen LogP) is 2.61. The molecule has 1 aromatic heterocycles. The molecule has 0 amide bonds. The Kier molecular flexibility index (Phi) is 2.49. The van der Waals surface area contributed by atoms with E-state index in [0.29, 0.717) is 16.6 Å². The Balaban J connectivity index is 2.29. The van der Waals surface area contributed by atoms with Gasteiger partial charge in [-0.1, -0.05) is 12.1 Å². The number of rotatable bonds is 1. The highest BCUT2D eigenvalue weighted by Gasteiger charge is 2.06. The number of aromatic amines is 1. The van der Waals surface area contributed by atoms with Crippen LogP contribution < -0.4 is 5.56 Å². The molecule has 1 heterocycles. The van der Waals surface area contributed by atoms with E-state index >= 15 is 0 Å². The highest BCUT2D eigenvalue weighted by atomic mass is 16.3. The number of fused-ring (bicyclic) bond motifs is 1. The summed E-state index contributed by atoms with van der Waals surface area (Å²) in [7, 11) is 0. The summed E-state index contributed by atoms with van der Waals surface area (Å²) in [5, 5.41) is 19.7. The van der Waals surface area contributed by atoms with E-state index in [9.17, 15) is 15.0 Å². The third kappa shape index (κ3) is 2.04. The summed E-state index contributed by atoms with van der Waals surface area (Å²) < 4.78 is 0. The number of nitrogens with one attached hydrogen (secondary N) is 1. The first-order valence-corrected chi connectivity index (χ1v) is 5.79. The summed E-state index contributed by atoms with van der Waals surface area (Å²) in [6.45, 7) is 0. The molecule has 4 heteroatoms. The molecule has 3 N–H and O–H groups in total. The van der Waals surface area contributed by atoms with Crippen molar-refractivity contribution in [1.29, 1.82) is 0 Å². The van der Waals surface area contributed by atoms with Gasteiger partial charge in [-0.25, -0.2) is 0 Å². The number of hydrogen-bond donors (Lipinski definition) is 3. The van der Waals surface area contributed by atoms with Gasteiger partial charge in [-0.15, -0.1) is 0 Å². The Morgan fingerprint density at radius 1 is 0.895 bits per heavy atom. The maximum atomic E-state index is 12.0. The van der Waals surface area contributed by atoms with E-state index in [1.807, 2.05) is 0 Å². The lowest BCUT2D eigenvalue weighted by Gasteiger charge is -2.04. The molecule has 19 heavy (non-hydrogen) atoms. The highest BCUT2D eigenvalue weighted by molar-refractivity contribution is 5.84. The third-order valence-corrected chi connectivity index (χ3v) is 2.98. The van der Waals surface area contributed by atoms with Crippen LogP contribution in [0.25, 0.3) is 22.0 Å². The maximum Gasteiger partial charge on any atom is 0.256 e. The van der Waals surface area contributed by atoms with Crippen LogP contribution in [0.3, 0.4) is 0 Å². The van der Waals surface area contributed by atoms with Crippen molar-refractivity contribution in [3.63, 3.8) is 0 Å². The molecule has 94 valence electrons. The minimum atomic E-state index is -0.233. The summed E-state index contributed by atoms with van der Waals surface area (Å²) >= 11 is 0. The van der Waals surface area contributed by atoms with E-state index in [2.05, 4.69) is 4.98 Å². The molecular formula is C15H11NO3. The Hall–Kier alpha value is -2.75. The molecular weight excluding hydrogens is 242 g/mol. The van der Waals surface area contributed by atoms with E-state index in [4.69, 9.17) is 0 Å². The number of pyridine rings is 1. The van der Waals surface area contributed by atoms with Gasteiger partial charge in [-0.2, -0.15) is 0 Å². The number of hydrogen-bond acceptors (Lipinski definition) is 3. The molecule has 0 fully saturated rings. The minimum Gasteiger partial charge on any atom is -0.508 e. The molecule has 0 radical (unpaired) electrons. The second-order valence-electron chi connectivity index (χ2n) is 4.33. The van der Waals surface area contributed by atoms with Gasteiger partial charge in [-0.3, -0.25) is 4.79 Å². The lowest BCUT2D eigenvalue weighted by atomic mass is 10.0. The van der Waals surface area contributed by atoms with E-state index < -0.39 is 0 Å². The second-order valence-corrected chi connectivity index (χ2v) is 4.33. The van der Waals surface area contributed by atoms with Crippen LogP contribution in [0.2, 0.25) is 0 Å². The van der Waals surface area contributed by atoms with Crippen molar-refractivity contribution in [2.75, 3.05) is 0 Å². The SMILES string of the molecule is O=c1[nH]c2ccc(O)cc2cc1-c1cccc(O)c1. The maximum absolute atomic E-state index is 12.0. The zero-order valence-corrected chi connectivity index (χ0v) is 9.92. The van der Waals surface area contributed by atoms with Crippen molar-refractivity contribution in [2.24, 2.45) is 0 Å². The van der Waals surface area contributed by atoms with Crippen molar-refractivity contribution >= 4 is 10.9 Å². The van der Waals surface area contributed by atoms with Crippen LogP contribution in [0.1, 0.15) is 0 Å². The molecule has 0 spiro atoms. The van der Waals surface area contributed by atoms with Gasteiger partial charge in [0.15, 0.2) is 0 Å². The topological polar surface area (TPSA) is 73.3 Å². The summed E-state index contributed by atoms with van der Waals surface area (Å²) in [5.74, 6) is 0.245. The number of H-pyrrole nitrogens is 1. The van der Waals surface area contributed by atoms with Gasteiger partial charge in [-0.05, 0) is 42.0 Å². The molecule has 3 aromatic rings. The van der Waals surface area contributed by atoms with Crippen molar-refractivity contribution < 1.29 is 10.2 Å². The van der Waals surface area contributed by atoms with Crippen LogP contribution in [-0.4, -0.2) is 15.2 Å². The smallest absolute Gasteiger partial charge is 0.256 e. The van der Waals surface area contributed by atoms with Gasteiger partial charge in [0.1, 0.15) is 11.5 Å². The fourth-order valence-electron chi connectivity index (χ4n) is 2.08. The summed E-state index contributed by atoms with van der Waals surface area (Å²) in [6.07, 6.45) is 0. The standard InChI is InChI=1S/C15H11NO3/c17-11-3-1-2-9(6-11)13-8-10-7-12(18)4-5-14(10)16-15(13)19/h1-8,17-18H,(H,16,19). The quantitative estimate of drug-likeness (QED) is 0.624. The average molecular weight is 253 g/mol. The predicted molar refractivity (Wildman–Crippen MR) is 73.3 cm³/mol.